The summed E-state index contributed by atoms with van der Waals surface area (Å²) in [4.78, 5) is 2.83. The molecule has 0 amide bonds. The molecule has 0 aliphatic heterocycles. The minimum atomic E-state index is 0.378. The van der Waals surface area contributed by atoms with E-state index in [4.69, 9.17) is 22.7 Å². The van der Waals surface area contributed by atoms with Crippen molar-refractivity contribution in [1.82, 2.24) is 4.90 Å². The van der Waals surface area contributed by atoms with Gasteiger partial charge < -0.3 is 10.5 Å². The minimum absolute atomic E-state index is 0.378. The van der Waals surface area contributed by atoms with Gasteiger partial charge in [-0.15, -0.1) is 0 Å². The number of ether oxygens (including phenoxy) is 1. The highest BCUT2D eigenvalue weighted by Crippen LogP contribution is 2.21. The van der Waals surface area contributed by atoms with Gasteiger partial charge in [0.1, 0.15) is 10.7 Å². The molecule has 4 heteroatoms. The SMILES string of the molecule is COc1ccc(CN(CC(C)C)C(C)C)cc1C(N)=S. The number of methoxy groups -OCH3 is 1. The van der Waals surface area contributed by atoms with E-state index in [0.717, 1.165) is 24.4 Å². The molecule has 112 valence electrons. The third-order valence-corrected chi connectivity index (χ3v) is 3.46. The molecule has 0 fully saturated rings. The van der Waals surface area contributed by atoms with Gasteiger partial charge in [0.05, 0.1) is 12.7 Å². The number of hydrogen-bond donors (Lipinski definition) is 1. The van der Waals surface area contributed by atoms with Crippen molar-refractivity contribution in [3.8, 4) is 5.75 Å². The molecule has 0 saturated heterocycles. The molecule has 2 N–H and O–H groups in total. The molecule has 20 heavy (non-hydrogen) atoms. The van der Waals surface area contributed by atoms with Crippen molar-refractivity contribution >= 4 is 17.2 Å². The first-order valence-electron chi connectivity index (χ1n) is 7.06. The summed E-state index contributed by atoms with van der Waals surface area (Å²) in [7, 11) is 1.63. The van der Waals surface area contributed by atoms with Crippen LogP contribution < -0.4 is 10.5 Å². The molecule has 0 aromatic heterocycles. The first-order chi connectivity index (χ1) is 9.35. The molecule has 1 aromatic carbocycles. The summed E-state index contributed by atoms with van der Waals surface area (Å²) in [5, 5.41) is 0. The highest BCUT2D eigenvalue weighted by atomic mass is 32.1. The zero-order valence-electron chi connectivity index (χ0n) is 13.1. The van der Waals surface area contributed by atoms with Gasteiger partial charge in [-0.25, -0.2) is 0 Å². The van der Waals surface area contributed by atoms with E-state index in [1.807, 2.05) is 12.1 Å². The van der Waals surface area contributed by atoms with Crippen LogP contribution in [-0.4, -0.2) is 29.6 Å². The molecule has 0 bridgehead atoms. The Morgan fingerprint density at radius 1 is 1.30 bits per heavy atom. The van der Waals surface area contributed by atoms with E-state index in [1.165, 1.54) is 5.56 Å². The molecule has 0 heterocycles. The molecule has 0 atom stereocenters. The van der Waals surface area contributed by atoms with E-state index >= 15 is 0 Å². The fourth-order valence-electron chi connectivity index (χ4n) is 2.21. The zero-order valence-corrected chi connectivity index (χ0v) is 14.0. The second kappa shape index (κ2) is 7.60. The standard InChI is InChI=1S/C16H26N2OS/c1-11(2)9-18(12(3)4)10-13-6-7-15(19-5)14(8-13)16(17)20/h6-8,11-12H,9-10H2,1-5H3,(H2,17,20). The molecule has 0 aliphatic rings. The first kappa shape index (κ1) is 16.9. The average Bonchev–Trinajstić information content (AvgIpc) is 2.37. The van der Waals surface area contributed by atoms with Crippen LogP contribution in [0.2, 0.25) is 0 Å². The molecule has 1 rings (SSSR count). The lowest BCUT2D eigenvalue weighted by Crippen LogP contribution is -2.33. The maximum Gasteiger partial charge on any atom is 0.129 e. The lowest BCUT2D eigenvalue weighted by atomic mass is 10.1. The smallest absolute Gasteiger partial charge is 0.129 e. The zero-order chi connectivity index (χ0) is 15.3. The van der Waals surface area contributed by atoms with Crippen LogP contribution in [-0.2, 0) is 6.54 Å². The molecule has 0 aliphatic carbocycles. The monoisotopic (exact) mass is 294 g/mol. The number of thiocarbonyl (C=S) groups is 1. The van der Waals surface area contributed by atoms with Crippen LogP contribution in [0.5, 0.6) is 5.75 Å². The van der Waals surface area contributed by atoms with E-state index in [0.29, 0.717) is 16.9 Å². The lowest BCUT2D eigenvalue weighted by Gasteiger charge is -2.28. The highest BCUT2D eigenvalue weighted by Gasteiger charge is 2.14. The summed E-state index contributed by atoms with van der Waals surface area (Å²) in [6, 6.07) is 6.57. The van der Waals surface area contributed by atoms with Crippen molar-refractivity contribution in [2.24, 2.45) is 11.7 Å². The first-order valence-corrected chi connectivity index (χ1v) is 7.46. The molecule has 0 radical (unpaired) electrons. The Morgan fingerprint density at radius 2 is 1.95 bits per heavy atom. The van der Waals surface area contributed by atoms with Gasteiger partial charge in [0.25, 0.3) is 0 Å². The molecule has 0 unspecified atom stereocenters. The van der Waals surface area contributed by atoms with Crippen molar-refractivity contribution in [3.05, 3.63) is 29.3 Å². The Kier molecular flexibility index (Phi) is 6.43. The Morgan fingerprint density at radius 3 is 2.40 bits per heavy atom. The largest absolute Gasteiger partial charge is 0.496 e. The van der Waals surface area contributed by atoms with Crippen molar-refractivity contribution in [3.63, 3.8) is 0 Å². The number of rotatable bonds is 7. The summed E-state index contributed by atoms with van der Waals surface area (Å²) in [6.07, 6.45) is 0. The normalized spacial score (nSPS) is 11.4. The van der Waals surface area contributed by atoms with E-state index in [2.05, 4.69) is 38.7 Å². The van der Waals surface area contributed by atoms with Crippen molar-refractivity contribution in [2.75, 3.05) is 13.7 Å². The van der Waals surface area contributed by atoms with Crippen LogP contribution in [0.15, 0.2) is 18.2 Å². The van der Waals surface area contributed by atoms with Gasteiger partial charge in [0, 0.05) is 19.1 Å². The average molecular weight is 294 g/mol. The maximum absolute atomic E-state index is 5.77. The molecule has 0 saturated carbocycles. The third kappa shape index (κ3) is 4.76. The fourth-order valence-corrected chi connectivity index (χ4v) is 2.37. The second-order valence-corrected chi connectivity index (χ2v) is 6.26. The van der Waals surface area contributed by atoms with Crippen LogP contribution in [0.3, 0.4) is 0 Å². The van der Waals surface area contributed by atoms with Crippen molar-refractivity contribution in [2.45, 2.75) is 40.3 Å². The summed E-state index contributed by atoms with van der Waals surface area (Å²) in [6.45, 7) is 10.9. The number of hydrogen-bond acceptors (Lipinski definition) is 3. The van der Waals surface area contributed by atoms with Gasteiger partial charge in [-0.3, -0.25) is 4.90 Å². The summed E-state index contributed by atoms with van der Waals surface area (Å²) < 4.78 is 5.30. The topological polar surface area (TPSA) is 38.5 Å². The van der Waals surface area contributed by atoms with E-state index in [-0.39, 0.29) is 0 Å². The molecule has 0 spiro atoms. The van der Waals surface area contributed by atoms with Gasteiger partial charge >= 0.3 is 0 Å². The molecule has 1 aromatic rings. The Balaban J connectivity index is 2.96. The third-order valence-electron chi connectivity index (χ3n) is 3.24. The van der Waals surface area contributed by atoms with Gasteiger partial charge in [0.15, 0.2) is 0 Å². The van der Waals surface area contributed by atoms with Crippen molar-refractivity contribution in [1.29, 1.82) is 0 Å². The molecular formula is C16H26N2OS. The molecular weight excluding hydrogens is 268 g/mol. The highest BCUT2D eigenvalue weighted by molar-refractivity contribution is 7.80. The number of nitrogens with two attached hydrogens (primary N) is 1. The predicted molar refractivity (Wildman–Crippen MR) is 89.3 cm³/mol. The van der Waals surface area contributed by atoms with Gasteiger partial charge in [-0.1, -0.05) is 32.1 Å². The Hall–Kier alpha value is -1.13. The molecule has 3 nitrogen and oxygen atoms in total. The van der Waals surface area contributed by atoms with Crippen LogP contribution in [0.25, 0.3) is 0 Å². The van der Waals surface area contributed by atoms with Crippen LogP contribution in [0.1, 0.15) is 38.8 Å². The Bertz CT molecular complexity index is 458. The van der Waals surface area contributed by atoms with Crippen LogP contribution in [0.4, 0.5) is 0 Å². The van der Waals surface area contributed by atoms with Crippen molar-refractivity contribution < 1.29 is 4.74 Å². The number of nitrogens with zero attached hydrogens (tertiary/aromatic N) is 1. The summed E-state index contributed by atoms with van der Waals surface area (Å²) in [5.41, 5.74) is 7.79. The van der Waals surface area contributed by atoms with Gasteiger partial charge in [-0.2, -0.15) is 0 Å². The second-order valence-electron chi connectivity index (χ2n) is 5.82. The van der Waals surface area contributed by atoms with E-state index in [1.54, 1.807) is 7.11 Å². The summed E-state index contributed by atoms with van der Waals surface area (Å²) >= 11 is 5.09. The summed E-state index contributed by atoms with van der Waals surface area (Å²) in [5.74, 6) is 1.38. The lowest BCUT2D eigenvalue weighted by molar-refractivity contribution is 0.189. The minimum Gasteiger partial charge on any atom is -0.496 e. The quantitative estimate of drug-likeness (QED) is 0.784. The maximum atomic E-state index is 5.77. The van der Waals surface area contributed by atoms with E-state index < -0.39 is 0 Å². The van der Waals surface area contributed by atoms with Crippen LogP contribution in [0, 0.1) is 5.92 Å². The number of benzene rings is 1. The Labute approximate surface area is 128 Å². The van der Waals surface area contributed by atoms with Crippen LogP contribution >= 0.6 is 12.2 Å². The fraction of sp³-hybridized carbons (Fsp3) is 0.562. The predicted octanol–water partition coefficient (Wildman–Crippen LogP) is 3.20. The van der Waals surface area contributed by atoms with Gasteiger partial charge in [0.2, 0.25) is 0 Å². The van der Waals surface area contributed by atoms with E-state index in [9.17, 15) is 0 Å². The van der Waals surface area contributed by atoms with Gasteiger partial charge in [-0.05, 0) is 37.5 Å².